The summed E-state index contributed by atoms with van der Waals surface area (Å²) >= 11 is 0. The van der Waals surface area contributed by atoms with Gasteiger partial charge in [-0.25, -0.2) is 0 Å². The monoisotopic (exact) mass is 397 g/mol. The first-order valence-electron chi connectivity index (χ1n) is 11.6. The first kappa shape index (κ1) is 20.4. The summed E-state index contributed by atoms with van der Waals surface area (Å²) in [4.78, 5) is 32.4. The van der Waals surface area contributed by atoms with Gasteiger partial charge in [0.15, 0.2) is 0 Å². The van der Waals surface area contributed by atoms with Gasteiger partial charge in [0.2, 0.25) is 11.8 Å². The number of carbonyl (C=O) groups excluding carboxylic acids is 2. The largest absolute Gasteiger partial charge is 0.343 e. The second-order valence-electron chi connectivity index (χ2n) is 8.98. The summed E-state index contributed by atoms with van der Waals surface area (Å²) in [5.41, 5.74) is 1.21. The Morgan fingerprint density at radius 1 is 0.862 bits per heavy atom. The van der Waals surface area contributed by atoms with Crippen LogP contribution < -0.4 is 0 Å². The molecule has 3 heterocycles. The molecule has 3 aliphatic heterocycles. The quantitative estimate of drug-likeness (QED) is 0.741. The minimum atomic E-state index is 0.104. The Kier molecular flexibility index (Phi) is 6.86. The van der Waals surface area contributed by atoms with Gasteiger partial charge in [-0.05, 0) is 63.6 Å². The van der Waals surface area contributed by atoms with E-state index in [2.05, 4.69) is 21.9 Å². The third kappa shape index (κ3) is 5.19. The maximum absolute atomic E-state index is 13.2. The van der Waals surface area contributed by atoms with Crippen LogP contribution in [0.15, 0.2) is 30.3 Å². The van der Waals surface area contributed by atoms with Crippen molar-refractivity contribution in [2.24, 2.45) is 5.92 Å². The van der Waals surface area contributed by atoms with E-state index in [1.165, 1.54) is 31.5 Å². The molecule has 3 aliphatic rings. The molecule has 3 saturated heterocycles. The number of likely N-dealkylation sites (tertiary alicyclic amines) is 3. The number of hydrogen-bond donors (Lipinski definition) is 0. The van der Waals surface area contributed by atoms with E-state index < -0.39 is 0 Å². The van der Waals surface area contributed by atoms with Crippen LogP contribution in [0.4, 0.5) is 0 Å². The van der Waals surface area contributed by atoms with Gasteiger partial charge in [-0.2, -0.15) is 0 Å². The van der Waals surface area contributed by atoms with Gasteiger partial charge in [-0.15, -0.1) is 0 Å². The van der Waals surface area contributed by atoms with E-state index in [1.807, 2.05) is 23.1 Å². The smallest absolute Gasteiger partial charge is 0.226 e. The van der Waals surface area contributed by atoms with Gasteiger partial charge >= 0.3 is 0 Å². The van der Waals surface area contributed by atoms with Crippen LogP contribution in [0.2, 0.25) is 0 Å². The minimum Gasteiger partial charge on any atom is -0.343 e. The lowest BCUT2D eigenvalue weighted by Crippen LogP contribution is -2.48. The summed E-state index contributed by atoms with van der Waals surface area (Å²) in [6.45, 7) is 5.84. The highest BCUT2D eigenvalue weighted by atomic mass is 16.2. The van der Waals surface area contributed by atoms with Crippen molar-refractivity contribution in [3.8, 4) is 0 Å². The SMILES string of the molecule is O=C(CCc1ccccc1)N1CCC(C(=O)N2CCCC2CN2CCCC2)CC1. The van der Waals surface area contributed by atoms with Crippen molar-refractivity contribution >= 4 is 11.8 Å². The van der Waals surface area contributed by atoms with Crippen molar-refractivity contribution in [3.05, 3.63) is 35.9 Å². The molecule has 0 N–H and O–H groups in total. The highest BCUT2D eigenvalue weighted by Crippen LogP contribution is 2.27. The zero-order valence-electron chi connectivity index (χ0n) is 17.6. The van der Waals surface area contributed by atoms with E-state index in [-0.39, 0.29) is 11.8 Å². The summed E-state index contributed by atoms with van der Waals surface area (Å²) in [6.07, 6.45) is 7.90. The van der Waals surface area contributed by atoms with Gasteiger partial charge in [0.25, 0.3) is 0 Å². The third-order valence-corrected chi connectivity index (χ3v) is 7.00. The maximum atomic E-state index is 13.2. The van der Waals surface area contributed by atoms with Gasteiger partial charge < -0.3 is 14.7 Å². The lowest BCUT2D eigenvalue weighted by molar-refractivity contribution is -0.141. The van der Waals surface area contributed by atoms with E-state index >= 15 is 0 Å². The zero-order valence-corrected chi connectivity index (χ0v) is 17.6. The topological polar surface area (TPSA) is 43.9 Å². The second kappa shape index (κ2) is 9.75. The molecule has 29 heavy (non-hydrogen) atoms. The normalized spacial score (nSPS) is 23.7. The Bertz CT molecular complexity index is 679. The Balaban J connectivity index is 1.23. The average Bonchev–Trinajstić information content (AvgIpc) is 3.45. The molecule has 1 unspecified atom stereocenters. The van der Waals surface area contributed by atoms with E-state index in [0.717, 1.165) is 58.3 Å². The number of piperidine rings is 1. The Morgan fingerprint density at radius 3 is 2.31 bits per heavy atom. The van der Waals surface area contributed by atoms with Crippen LogP contribution in [0.25, 0.3) is 0 Å². The van der Waals surface area contributed by atoms with Crippen molar-refractivity contribution < 1.29 is 9.59 Å². The highest BCUT2D eigenvalue weighted by Gasteiger charge is 2.36. The third-order valence-electron chi connectivity index (χ3n) is 7.00. The van der Waals surface area contributed by atoms with Crippen molar-refractivity contribution in [2.75, 3.05) is 39.3 Å². The van der Waals surface area contributed by atoms with Crippen LogP contribution >= 0.6 is 0 Å². The number of nitrogens with zero attached hydrogens (tertiary/aromatic N) is 3. The first-order valence-corrected chi connectivity index (χ1v) is 11.6. The lowest BCUT2D eigenvalue weighted by atomic mass is 9.94. The fourth-order valence-electron chi connectivity index (χ4n) is 5.24. The molecule has 5 heteroatoms. The molecule has 0 aliphatic carbocycles. The molecule has 3 fully saturated rings. The Morgan fingerprint density at radius 2 is 1.59 bits per heavy atom. The van der Waals surface area contributed by atoms with E-state index in [0.29, 0.717) is 18.4 Å². The molecule has 4 rings (SSSR count). The van der Waals surface area contributed by atoms with Gasteiger partial charge in [0.1, 0.15) is 0 Å². The molecule has 0 saturated carbocycles. The van der Waals surface area contributed by atoms with Crippen molar-refractivity contribution in [3.63, 3.8) is 0 Å². The second-order valence-corrected chi connectivity index (χ2v) is 8.98. The summed E-state index contributed by atoms with van der Waals surface area (Å²) in [5.74, 6) is 0.684. The predicted molar refractivity (Wildman–Crippen MR) is 114 cm³/mol. The van der Waals surface area contributed by atoms with Crippen molar-refractivity contribution in [1.82, 2.24) is 14.7 Å². The van der Waals surface area contributed by atoms with Gasteiger partial charge in [-0.3, -0.25) is 9.59 Å². The van der Waals surface area contributed by atoms with Crippen LogP contribution in [0.3, 0.4) is 0 Å². The fourth-order valence-corrected chi connectivity index (χ4v) is 5.24. The standard InChI is InChI=1S/C24H35N3O2/c28-23(11-10-20-7-2-1-3-8-20)26-17-12-21(13-18-26)24(29)27-16-6-9-22(27)19-25-14-4-5-15-25/h1-3,7-8,21-22H,4-6,9-19H2. The summed E-state index contributed by atoms with van der Waals surface area (Å²) < 4.78 is 0. The number of carbonyl (C=O) groups is 2. The maximum Gasteiger partial charge on any atom is 0.226 e. The Hall–Kier alpha value is -1.88. The predicted octanol–water partition coefficient (Wildman–Crippen LogP) is 2.94. The fraction of sp³-hybridized carbons (Fsp3) is 0.667. The zero-order chi connectivity index (χ0) is 20.1. The molecule has 1 aromatic carbocycles. The van der Waals surface area contributed by atoms with Gasteiger partial charge in [0, 0.05) is 44.6 Å². The molecule has 2 amide bonds. The highest BCUT2D eigenvalue weighted by molar-refractivity contribution is 5.80. The van der Waals surface area contributed by atoms with E-state index in [9.17, 15) is 9.59 Å². The van der Waals surface area contributed by atoms with Crippen LogP contribution in [-0.2, 0) is 16.0 Å². The number of benzene rings is 1. The van der Waals surface area contributed by atoms with Crippen LogP contribution in [0.5, 0.6) is 0 Å². The van der Waals surface area contributed by atoms with E-state index in [4.69, 9.17) is 0 Å². The van der Waals surface area contributed by atoms with Crippen molar-refractivity contribution in [1.29, 1.82) is 0 Å². The summed E-state index contributed by atoms with van der Waals surface area (Å²) in [7, 11) is 0. The van der Waals surface area contributed by atoms with Crippen molar-refractivity contribution in [2.45, 2.75) is 57.4 Å². The minimum absolute atomic E-state index is 0.104. The molecule has 1 aromatic rings. The molecule has 0 spiro atoms. The molecular formula is C24H35N3O2. The van der Waals surface area contributed by atoms with Crippen LogP contribution in [0.1, 0.15) is 50.5 Å². The number of rotatable bonds is 6. The summed E-state index contributed by atoms with van der Waals surface area (Å²) in [5, 5.41) is 0. The average molecular weight is 398 g/mol. The summed E-state index contributed by atoms with van der Waals surface area (Å²) in [6, 6.07) is 10.6. The first-order chi connectivity index (χ1) is 14.2. The number of amides is 2. The van der Waals surface area contributed by atoms with Gasteiger partial charge in [0.05, 0.1) is 0 Å². The Labute approximate surface area is 175 Å². The van der Waals surface area contributed by atoms with Crippen LogP contribution in [-0.4, -0.2) is 71.8 Å². The number of aryl methyl sites for hydroxylation is 1. The van der Waals surface area contributed by atoms with Gasteiger partial charge in [-0.1, -0.05) is 30.3 Å². The molecule has 0 radical (unpaired) electrons. The number of hydrogen-bond acceptors (Lipinski definition) is 3. The lowest BCUT2D eigenvalue weighted by Gasteiger charge is -2.36. The molecule has 0 bridgehead atoms. The molecular weight excluding hydrogens is 362 g/mol. The molecule has 158 valence electrons. The molecule has 1 atom stereocenters. The molecule has 0 aromatic heterocycles. The van der Waals surface area contributed by atoms with E-state index in [1.54, 1.807) is 0 Å². The molecule has 5 nitrogen and oxygen atoms in total. The van der Waals surface area contributed by atoms with Crippen LogP contribution in [0, 0.1) is 5.92 Å².